The van der Waals surface area contributed by atoms with Crippen LogP contribution in [-0.4, -0.2) is 97.5 Å². The van der Waals surface area contributed by atoms with E-state index >= 15 is 0 Å². The average Bonchev–Trinajstić information content (AvgIpc) is 3.97. The van der Waals surface area contributed by atoms with Crippen molar-refractivity contribution in [1.82, 2.24) is 14.2 Å². The first-order valence-electron chi connectivity index (χ1n) is 22.1. The number of rotatable bonds is 17. The molecule has 330 valence electrons. The monoisotopic (exact) mass is 882 g/mol. The molecule has 4 aromatic carbocycles. The molecular formula is C49H52N7O7S+. The van der Waals surface area contributed by atoms with Crippen LogP contribution in [0.3, 0.4) is 0 Å². The number of piperidine rings is 1. The lowest BCUT2D eigenvalue weighted by atomic mass is 9.93. The van der Waals surface area contributed by atoms with Crippen LogP contribution in [0.1, 0.15) is 24.0 Å². The van der Waals surface area contributed by atoms with Crippen molar-refractivity contribution in [2.45, 2.75) is 30.6 Å². The SMILES string of the molecule is [N-]=[N+]=NCCOCCOCCOCCNC(=O)C1CCN(S(=O)(=O)c2ccccc2-c2c3ccc(=[N+]4CCc5ccccc54)cc-3oc3cc(N4CCc5ccccc54)ccc23)CC1. The summed E-state index contributed by atoms with van der Waals surface area (Å²) in [5, 5.41) is 8.19. The van der Waals surface area contributed by atoms with Crippen molar-refractivity contribution < 1.29 is 31.8 Å². The first-order valence-corrected chi connectivity index (χ1v) is 23.5. The molecule has 1 saturated heterocycles. The third kappa shape index (κ3) is 9.14. The number of azide groups is 1. The van der Waals surface area contributed by atoms with Crippen LogP contribution in [0.25, 0.3) is 43.9 Å². The lowest BCUT2D eigenvalue weighted by Crippen LogP contribution is -2.43. The molecule has 4 heterocycles. The first kappa shape index (κ1) is 43.2. The average molecular weight is 883 g/mol. The van der Waals surface area contributed by atoms with Gasteiger partial charge in [0.25, 0.3) is 0 Å². The number of fused-ring (bicyclic) bond motifs is 4. The van der Waals surface area contributed by atoms with Gasteiger partial charge in [-0.3, -0.25) is 4.79 Å². The second-order valence-electron chi connectivity index (χ2n) is 16.2. The number of anilines is 2. The Morgan fingerprint density at radius 1 is 0.797 bits per heavy atom. The fraction of sp³-hybridized carbons (Fsp3) is 0.347. The predicted molar refractivity (Wildman–Crippen MR) is 246 cm³/mol. The van der Waals surface area contributed by atoms with E-state index in [2.05, 4.69) is 110 Å². The molecule has 1 amide bonds. The highest BCUT2D eigenvalue weighted by molar-refractivity contribution is 7.89. The molecule has 0 atom stereocenters. The fourth-order valence-electron chi connectivity index (χ4n) is 9.18. The summed E-state index contributed by atoms with van der Waals surface area (Å²) in [7, 11) is -3.98. The van der Waals surface area contributed by atoms with E-state index in [1.54, 1.807) is 12.1 Å². The molecule has 0 radical (unpaired) electrons. The lowest BCUT2D eigenvalue weighted by Gasteiger charge is -2.31. The maximum absolute atomic E-state index is 14.8. The summed E-state index contributed by atoms with van der Waals surface area (Å²) in [5.41, 5.74) is 17.2. The van der Waals surface area contributed by atoms with Gasteiger partial charge in [-0.1, -0.05) is 59.7 Å². The molecule has 64 heavy (non-hydrogen) atoms. The second kappa shape index (κ2) is 19.8. The number of para-hydroxylation sites is 2. The summed E-state index contributed by atoms with van der Waals surface area (Å²) in [6.45, 7) is 5.04. The summed E-state index contributed by atoms with van der Waals surface area (Å²) < 4.78 is 56.6. The normalized spacial score (nSPS) is 16.2. The van der Waals surface area contributed by atoms with Gasteiger partial charge in [-0.25, -0.2) is 8.42 Å². The highest BCUT2D eigenvalue weighted by Crippen LogP contribution is 2.45. The van der Waals surface area contributed by atoms with Crippen molar-refractivity contribution in [3.05, 3.63) is 136 Å². The molecule has 0 saturated carbocycles. The van der Waals surface area contributed by atoms with Gasteiger partial charge in [-0.2, -0.15) is 8.88 Å². The molecule has 14 nitrogen and oxygen atoms in total. The lowest BCUT2D eigenvalue weighted by molar-refractivity contribution is -0.126. The van der Waals surface area contributed by atoms with Crippen LogP contribution in [0.4, 0.5) is 17.1 Å². The van der Waals surface area contributed by atoms with Gasteiger partial charge in [0.15, 0.2) is 6.54 Å². The zero-order valence-electron chi connectivity index (χ0n) is 35.7. The van der Waals surface area contributed by atoms with Gasteiger partial charge in [-0.05, 0) is 60.7 Å². The van der Waals surface area contributed by atoms with Crippen molar-refractivity contribution >= 4 is 44.0 Å². The number of hydrogen-bond donors (Lipinski definition) is 1. The zero-order valence-corrected chi connectivity index (χ0v) is 36.5. The highest BCUT2D eigenvalue weighted by Gasteiger charge is 2.35. The standard InChI is InChI=1S/C49H51N7O7S/c50-53-52-22-28-61-30-32-62-31-29-60-27-21-51-49(57)37-17-23-54(24-18-37)64(58,59)47-12-6-3-9-42(47)48-40-15-13-38(55-25-19-35-7-1-4-10-43(35)55)33-45(40)63-46-34-39(14-16-41(46)48)56-26-20-36-8-2-5-11-44(36)56/h1-16,33-34,37H,17-32H2/p+1. The third-order valence-electron chi connectivity index (χ3n) is 12.4. The minimum Gasteiger partial charge on any atom is -0.456 e. The molecule has 1 aliphatic carbocycles. The van der Waals surface area contributed by atoms with E-state index in [0.717, 1.165) is 53.5 Å². The summed E-state index contributed by atoms with van der Waals surface area (Å²) in [6.07, 6.45) is 2.73. The van der Waals surface area contributed by atoms with Gasteiger partial charge in [0.1, 0.15) is 11.3 Å². The number of benzene rings is 5. The molecule has 1 N–H and O–H groups in total. The summed E-state index contributed by atoms with van der Waals surface area (Å²) in [5.74, 6) is 0.263. The van der Waals surface area contributed by atoms with E-state index in [1.807, 2.05) is 12.1 Å². The van der Waals surface area contributed by atoms with Crippen LogP contribution < -0.4 is 20.1 Å². The first-order chi connectivity index (χ1) is 31.4. The fourth-order valence-corrected chi connectivity index (χ4v) is 10.9. The molecule has 0 bridgehead atoms. The van der Waals surface area contributed by atoms with E-state index in [9.17, 15) is 13.2 Å². The van der Waals surface area contributed by atoms with Crippen LogP contribution in [0.2, 0.25) is 0 Å². The van der Waals surface area contributed by atoms with E-state index in [4.69, 9.17) is 24.2 Å². The Bertz CT molecular complexity index is 2850. The quantitative estimate of drug-likeness (QED) is 0.0247. The summed E-state index contributed by atoms with van der Waals surface area (Å²) >= 11 is 0. The smallest absolute Gasteiger partial charge is 0.243 e. The van der Waals surface area contributed by atoms with Crippen molar-refractivity contribution in [3.8, 4) is 22.5 Å². The maximum Gasteiger partial charge on any atom is 0.243 e. The van der Waals surface area contributed by atoms with Crippen molar-refractivity contribution in [2.24, 2.45) is 11.0 Å². The minimum absolute atomic E-state index is 0.102. The van der Waals surface area contributed by atoms with Gasteiger partial charge in [0.2, 0.25) is 27.0 Å². The summed E-state index contributed by atoms with van der Waals surface area (Å²) in [4.78, 5) is 18.4. The number of amides is 1. The van der Waals surface area contributed by atoms with Gasteiger partial charge in [-0.15, -0.1) is 0 Å². The maximum atomic E-state index is 14.8. The molecule has 5 aliphatic rings. The number of carbonyl (C=O) groups is 1. The topological polar surface area (TPSA) is 162 Å². The Morgan fingerprint density at radius 3 is 2.36 bits per heavy atom. The van der Waals surface area contributed by atoms with Crippen LogP contribution in [-0.2, 0) is 41.9 Å². The molecule has 0 unspecified atom stereocenters. The molecule has 0 spiro atoms. The van der Waals surface area contributed by atoms with Gasteiger partial charge >= 0.3 is 0 Å². The van der Waals surface area contributed by atoms with Crippen LogP contribution in [0.5, 0.6) is 0 Å². The van der Waals surface area contributed by atoms with E-state index < -0.39 is 10.0 Å². The summed E-state index contributed by atoms with van der Waals surface area (Å²) in [6, 6.07) is 36.7. The Morgan fingerprint density at radius 2 is 1.53 bits per heavy atom. The molecule has 9 rings (SSSR count). The largest absolute Gasteiger partial charge is 0.456 e. The van der Waals surface area contributed by atoms with Gasteiger partial charge < -0.3 is 28.8 Å². The second-order valence-corrected chi connectivity index (χ2v) is 18.1. The number of ether oxygens (including phenoxy) is 3. The third-order valence-corrected chi connectivity index (χ3v) is 14.3. The molecule has 1 fully saturated rings. The Balaban J connectivity index is 0.935. The van der Waals surface area contributed by atoms with Crippen LogP contribution in [0, 0.1) is 5.92 Å². The van der Waals surface area contributed by atoms with E-state index in [1.165, 1.54) is 26.8 Å². The zero-order chi connectivity index (χ0) is 43.9. The molecule has 0 aromatic heterocycles. The number of sulfonamides is 1. The molecule has 4 aromatic rings. The van der Waals surface area contributed by atoms with Crippen molar-refractivity contribution in [1.29, 1.82) is 0 Å². The Kier molecular flexibility index (Phi) is 13.3. The van der Waals surface area contributed by atoms with E-state index in [0.29, 0.717) is 75.9 Å². The van der Waals surface area contributed by atoms with Gasteiger partial charge in [0, 0.05) is 107 Å². The van der Waals surface area contributed by atoms with Crippen LogP contribution in [0.15, 0.2) is 124 Å². The highest BCUT2D eigenvalue weighted by atomic mass is 32.2. The molecule has 15 heteroatoms. The predicted octanol–water partition coefficient (Wildman–Crippen LogP) is 7.44. The van der Waals surface area contributed by atoms with Crippen molar-refractivity contribution in [2.75, 3.05) is 83.8 Å². The van der Waals surface area contributed by atoms with Gasteiger partial charge in [0.05, 0.1) is 50.6 Å². The Hall–Kier alpha value is -6.06. The van der Waals surface area contributed by atoms with E-state index in [-0.39, 0.29) is 36.4 Å². The molecular weight excluding hydrogens is 831 g/mol. The molecule has 4 aliphatic heterocycles. The van der Waals surface area contributed by atoms with Crippen LogP contribution >= 0.6 is 0 Å². The number of nitrogens with one attached hydrogen (secondary N) is 1. The number of carbonyl (C=O) groups excluding carboxylic acids is 1. The Labute approximate surface area is 372 Å². The minimum atomic E-state index is -3.98. The number of hydrogen-bond acceptors (Lipinski definition) is 9. The number of nitrogens with zero attached hydrogens (tertiary/aromatic N) is 6. The van der Waals surface area contributed by atoms with Crippen molar-refractivity contribution in [3.63, 3.8) is 0 Å².